The normalized spacial score (nSPS) is 13.4. The highest BCUT2D eigenvalue weighted by atomic mass is 79.9. The first-order chi connectivity index (χ1) is 10.5. The van der Waals surface area contributed by atoms with Crippen LogP contribution in [0.2, 0.25) is 0 Å². The van der Waals surface area contributed by atoms with Gasteiger partial charge in [0.25, 0.3) is 11.8 Å². The van der Waals surface area contributed by atoms with Crippen LogP contribution in [0, 0.1) is 0 Å². The fraction of sp³-hybridized carbons (Fsp3) is 0.0625. The van der Waals surface area contributed by atoms with E-state index in [9.17, 15) is 14.4 Å². The maximum absolute atomic E-state index is 12.3. The van der Waals surface area contributed by atoms with Crippen molar-refractivity contribution in [2.24, 2.45) is 0 Å². The Bertz CT molecular complexity index is 781. The lowest BCUT2D eigenvalue weighted by Gasteiger charge is -2.14. The summed E-state index contributed by atoms with van der Waals surface area (Å²) in [5, 5.41) is 9.07. The number of hydrogen-bond acceptors (Lipinski definition) is 3. The van der Waals surface area contributed by atoms with Crippen molar-refractivity contribution < 1.29 is 19.5 Å². The number of halogens is 1. The predicted molar refractivity (Wildman–Crippen MR) is 81.7 cm³/mol. The Balaban J connectivity index is 1.94. The first-order valence-corrected chi connectivity index (χ1v) is 7.24. The number of carboxylic acids is 1. The third-order valence-corrected chi connectivity index (χ3v) is 3.88. The van der Waals surface area contributed by atoms with E-state index in [1.54, 1.807) is 30.3 Å². The summed E-state index contributed by atoms with van der Waals surface area (Å²) in [5.41, 5.74) is 1.42. The van der Waals surface area contributed by atoms with Crippen LogP contribution in [-0.2, 0) is 6.54 Å². The average Bonchev–Trinajstić information content (AvgIpc) is 2.72. The number of aromatic carboxylic acids is 1. The molecule has 0 radical (unpaired) electrons. The first-order valence-electron chi connectivity index (χ1n) is 6.45. The fourth-order valence-electron chi connectivity index (χ4n) is 2.43. The van der Waals surface area contributed by atoms with Gasteiger partial charge in [-0.1, -0.05) is 28.1 Å². The first kappa shape index (κ1) is 14.5. The lowest BCUT2D eigenvalue weighted by atomic mass is 10.1. The highest BCUT2D eigenvalue weighted by Crippen LogP contribution is 2.25. The molecule has 1 aliphatic rings. The summed E-state index contributed by atoms with van der Waals surface area (Å²) < 4.78 is 0.582. The molecule has 0 saturated heterocycles. The largest absolute Gasteiger partial charge is 0.478 e. The van der Waals surface area contributed by atoms with Crippen LogP contribution in [-0.4, -0.2) is 27.8 Å². The smallest absolute Gasteiger partial charge is 0.335 e. The SMILES string of the molecule is O=C(O)c1cc(Br)cc(CN2C(=O)c3ccccc3C2=O)c1. The zero-order chi connectivity index (χ0) is 15.9. The molecule has 3 rings (SSSR count). The van der Waals surface area contributed by atoms with Gasteiger partial charge in [-0.15, -0.1) is 0 Å². The van der Waals surface area contributed by atoms with Crippen LogP contribution in [0.15, 0.2) is 46.9 Å². The number of hydrogen-bond donors (Lipinski definition) is 1. The second kappa shape index (κ2) is 5.38. The topological polar surface area (TPSA) is 74.7 Å². The van der Waals surface area contributed by atoms with Crippen LogP contribution in [0.4, 0.5) is 0 Å². The van der Waals surface area contributed by atoms with Crippen LogP contribution >= 0.6 is 15.9 Å². The Labute approximate surface area is 134 Å². The minimum atomic E-state index is -1.06. The molecular formula is C16H10BrNO4. The Morgan fingerprint density at radius 3 is 2.18 bits per heavy atom. The van der Waals surface area contributed by atoms with Gasteiger partial charge in [0.1, 0.15) is 0 Å². The lowest BCUT2D eigenvalue weighted by molar-refractivity contribution is 0.0641. The minimum Gasteiger partial charge on any atom is -0.478 e. The number of nitrogens with zero attached hydrogens (tertiary/aromatic N) is 1. The van der Waals surface area contributed by atoms with Gasteiger partial charge in [-0.2, -0.15) is 0 Å². The van der Waals surface area contributed by atoms with Gasteiger partial charge in [0.15, 0.2) is 0 Å². The Morgan fingerprint density at radius 1 is 1.05 bits per heavy atom. The third kappa shape index (κ3) is 2.42. The molecule has 0 atom stereocenters. The van der Waals surface area contributed by atoms with E-state index in [0.717, 1.165) is 4.90 Å². The quantitative estimate of drug-likeness (QED) is 0.854. The molecule has 0 spiro atoms. The number of fused-ring (bicyclic) bond motifs is 1. The molecule has 1 N–H and O–H groups in total. The van der Waals surface area contributed by atoms with Gasteiger partial charge in [-0.3, -0.25) is 14.5 Å². The number of carboxylic acid groups (broad SMARTS) is 1. The zero-order valence-corrected chi connectivity index (χ0v) is 12.8. The van der Waals surface area contributed by atoms with Crippen molar-refractivity contribution in [3.05, 3.63) is 69.2 Å². The van der Waals surface area contributed by atoms with Crippen molar-refractivity contribution in [1.82, 2.24) is 4.90 Å². The molecule has 110 valence electrons. The number of carbonyl (C=O) groups excluding carboxylic acids is 2. The predicted octanol–water partition coefficient (Wildman–Crippen LogP) is 2.94. The van der Waals surface area contributed by atoms with Gasteiger partial charge in [0.05, 0.1) is 23.2 Å². The Morgan fingerprint density at radius 2 is 1.64 bits per heavy atom. The van der Waals surface area contributed by atoms with Crippen molar-refractivity contribution in [3.8, 4) is 0 Å². The summed E-state index contributed by atoms with van der Waals surface area (Å²) in [6.45, 7) is 0.0338. The van der Waals surface area contributed by atoms with E-state index in [4.69, 9.17) is 5.11 Å². The molecule has 5 nitrogen and oxygen atoms in total. The van der Waals surface area contributed by atoms with Gasteiger partial charge < -0.3 is 5.11 Å². The molecule has 0 saturated carbocycles. The highest BCUT2D eigenvalue weighted by Gasteiger charge is 2.35. The second-order valence-corrected chi connectivity index (χ2v) is 5.81. The number of imide groups is 1. The summed E-state index contributed by atoms with van der Waals surface area (Å²) in [5.74, 6) is -1.79. The summed E-state index contributed by atoms with van der Waals surface area (Å²) in [7, 11) is 0. The minimum absolute atomic E-state index is 0.0338. The van der Waals surface area contributed by atoms with Crippen LogP contribution in [0.5, 0.6) is 0 Å². The van der Waals surface area contributed by atoms with Gasteiger partial charge in [-0.25, -0.2) is 4.79 Å². The molecule has 0 aromatic heterocycles. The number of rotatable bonds is 3. The second-order valence-electron chi connectivity index (χ2n) is 4.90. The van der Waals surface area contributed by atoms with Crippen molar-refractivity contribution in [1.29, 1.82) is 0 Å². The molecule has 22 heavy (non-hydrogen) atoms. The van der Waals surface area contributed by atoms with Crippen molar-refractivity contribution >= 4 is 33.7 Å². The highest BCUT2D eigenvalue weighted by molar-refractivity contribution is 9.10. The van der Waals surface area contributed by atoms with Gasteiger partial charge in [-0.05, 0) is 35.9 Å². The monoisotopic (exact) mass is 359 g/mol. The van der Waals surface area contributed by atoms with E-state index in [1.807, 2.05) is 0 Å². The Kier molecular flexibility index (Phi) is 3.54. The van der Waals surface area contributed by atoms with E-state index in [1.165, 1.54) is 12.1 Å². The van der Waals surface area contributed by atoms with E-state index in [-0.39, 0.29) is 23.9 Å². The third-order valence-electron chi connectivity index (χ3n) is 3.42. The van der Waals surface area contributed by atoms with E-state index >= 15 is 0 Å². The number of benzene rings is 2. The summed E-state index contributed by atoms with van der Waals surface area (Å²) in [6, 6.07) is 11.2. The summed E-state index contributed by atoms with van der Waals surface area (Å²) in [6.07, 6.45) is 0. The Hall–Kier alpha value is -2.47. The maximum atomic E-state index is 12.3. The molecule has 2 aromatic rings. The molecule has 2 aromatic carbocycles. The van der Waals surface area contributed by atoms with Crippen molar-refractivity contribution in [3.63, 3.8) is 0 Å². The molecule has 0 bridgehead atoms. The van der Waals surface area contributed by atoms with Crippen LogP contribution < -0.4 is 0 Å². The van der Waals surface area contributed by atoms with Crippen molar-refractivity contribution in [2.75, 3.05) is 0 Å². The summed E-state index contributed by atoms with van der Waals surface area (Å²) in [4.78, 5) is 36.8. The standard InChI is InChI=1S/C16H10BrNO4/c17-11-6-9(5-10(7-11)16(21)22)8-18-14(19)12-3-1-2-4-13(12)15(18)20/h1-7H,8H2,(H,21,22). The van der Waals surface area contributed by atoms with E-state index in [0.29, 0.717) is 21.2 Å². The molecule has 1 aliphatic heterocycles. The zero-order valence-electron chi connectivity index (χ0n) is 11.2. The molecule has 0 aliphatic carbocycles. The molecule has 2 amide bonds. The molecular weight excluding hydrogens is 350 g/mol. The van der Waals surface area contributed by atoms with E-state index in [2.05, 4.69) is 15.9 Å². The summed E-state index contributed by atoms with van der Waals surface area (Å²) >= 11 is 3.24. The fourth-order valence-corrected chi connectivity index (χ4v) is 2.97. The van der Waals surface area contributed by atoms with Gasteiger partial charge in [0.2, 0.25) is 0 Å². The number of carbonyl (C=O) groups is 3. The van der Waals surface area contributed by atoms with Crippen LogP contribution in [0.1, 0.15) is 36.6 Å². The maximum Gasteiger partial charge on any atom is 0.335 e. The molecule has 0 unspecified atom stereocenters. The average molecular weight is 360 g/mol. The van der Waals surface area contributed by atoms with Crippen LogP contribution in [0.25, 0.3) is 0 Å². The molecule has 1 heterocycles. The van der Waals surface area contributed by atoms with Gasteiger partial charge in [0, 0.05) is 4.47 Å². The van der Waals surface area contributed by atoms with E-state index < -0.39 is 5.97 Å². The molecule has 6 heteroatoms. The molecule has 0 fully saturated rings. The van der Waals surface area contributed by atoms with Crippen LogP contribution in [0.3, 0.4) is 0 Å². The van der Waals surface area contributed by atoms with Gasteiger partial charge >= 0.3 is 5.97 Å². The van der Waals surface area contributed by atoms with Crippen molar-refractivity contribution in [2.45, 2.75) is 6.54 Å². The lowest BCUT2D eigenvalue weighted by Crippen LogP contribution is -2.29. The number of amides is 2.